The van der Waals surface area contributed by atoms with E-state index in [2.05, 4.69) is 4.98 Å². The van der Waals surface area contributed by atoms with Crippen LogP contribution >= 0.6 is 11.6 Å². The van der Waals surface area contributed by atoms with Gasteiger partial charge in [-0.3, -0.25) is 0 Å². The standard InChI is InChI=1S/C14H12ClFN2O/c15-9-6-12(13(17)18-7-9)14(19)4-3-8-5-10(16)1-2-11(8)14/h1-2,5-7,19H,3-4H2,(H2,17,18). The fourth-order valence-electron chi connectivity index (χ4n) is 2.68. The minimum Gasteiger partial charge on any atom is -0.383 e. The van der Waals surface area contributed by atoms with Crippen LogP contribution in [0.15, 0.2) is 30.5 Å². The van der Waals surface area contributed by atoms with Crippen molar-refractivity contribution < 1.29 is 9.50 Å². The van der Waals surface area contributed by atoms with Crippen LogP contribution in [0.3, 0.4) is 0 Å². The zero-order valence-corrected chi connectivity index (χ0v) is 10.8. The van der Waals surface area contributed by atoms with Gasteiger partial charge in [0.2, 0.25) is 0 Å². The predicted octanol–water partition coefficient (Wildman–Crippen LogP) is 2.64. The van der Waals surface area contributed by atoms with Gasteiger partial charge in [0.15, 0.2) is 0 Å². The molecule has 0 fully saturated rings. The summed E-state index contributed by atoms with van der Waals surface area (Å²) in [7, 11) is 0. The maximum atomic E-state index is 13.2. The molecule has 98 valence electrons. The molecule has 3 nitrogen and oxygen atoms in total. The molecule has 1 aromatic carbocycles. The van der Waals surface area contributed by atoms with Crippen molar-refractivity contribution in [2.24, 2.45) is 0 Å². The van der Waals surface area contributed by atoms with Crippen LogP contribution in [0.2, 0.25) is 5.02 Å². The van der Waals surface area contributed by atoms with Gasteiger partial charge in [0.1, 0.15) is 17.2 Å². The van der Waals surface area contributed by atoms with Crippen LogP contribution < -0.4 is 5.73 Å². The van der Waals surface area contributed by atoms with Gasteiger partial charge in [-0.1, -0.05) is 17.7 Å². The molecule has 0 aliphatic heterocycles. The minimum atomic E-state index is -1.25. The van der Waals surface area contributed by atoms with Gasteiger partial charge in [-0.15, -0.1) is 0 Å². The van der Waals surface area contributed by atoms with Crippen molar-refractivity contribution >= 4 is 17.4 Å². The topological polar surface area (TPSA) is 59.1 Å². The van der Waals surface area contributed by atoms with Crippen LogP contribution in [-0.2, 0) is 12.0 Å². The van der Waals surface area contributed by atoms with Crippen LogP contribution in [0.1, 0.15) is 23.1 Å². The molecule has 1 aliphatic carbocycles. The number of fused-ring (bicyclic) bond motifs is 1. The molecule has 0 saturated heterocycles. The molecule has 3 N–H and O–H groups in total. The lowest BCUT2D eigenvalue weighted by molar-refractivity contribution is 0.0834. The van der Waals surface area contributed by atoms with Crippen LogP contribution in [0.5, 0.6) is 0 Å². The Balaban J connectivity index is 2.19. The molecule has 0 bridgehead atoms. The van der Waals surface area contributed by atoms with E-state index in [9.17, 15) is 9.50 Å². The Morgan fingerprint density at radius 1 is 1.32 bits per heavy atom. The van der Waals surface area contributed by atoms with Crippen LogP contribution in [0.4, 0.5) is 10.2 Å². The molecule has 1 heterocycles. The molecular formula is C14H12ClFN2O. The van der Waals surface area contributed by atoms with Crippen LogP contribution in [0, 0.1) is 5.82 Å². The van der Waals surface area contributed by atoms with Crippen molar-refractivity contribution in [2.75, 3.05) is 5.73 Å². The van der Waals surface area contributed by atoms with E-state index in [1.807, 2.05) is 0 Å². The van der Waals surface area contributed by atoms with Gasteiger partial charge in [0.05, 0.1) is 5.02 Å². The number of nitrogens with zero attached hydrogens (tertiary/aromatic N) is 1. The number of anilines is 1. The normalized spacial score (nSPS) is 21.4. The maximum Gasteiger partial charge on any atom is 0.129 e. The van der Waals surface area contributed by atoms with Gasteiger partial charge < -0.3 is 10.8 Å². The van der Waals surface area contributed by atoms with Crippen molar-refractivity contribution in [1.82, 2.24) is 4.98 Å². The van der Waals surface area contributed by atoms with Crippen molar-refractivity contribution in [3.05, 3.63) is 58.0 Å². The van der Waals surface area contributed by atoms with Crippen molar-refractivity contribution in [1.29, 1.82) is 0 Å². The van der Waals surface area contributed by atoms with Gasteiger partial charge in [-0.25, -0.2) is 9.37 Å². The number of aryl methyl sites for hydroxylation is 1. The molecule has 0 spiro atoms. The number of aliphatic hydroxyl groups is 1. The van der Waals surface area contributed by atoms with Gasteiger partial charge >= 0.3 is 0 Å². The Bertz CT molecular complexity index is 662. The Morgan fingerprint density at radius 2 is 2.11 bits per heavy atom. The van der Waals surface area contributed by atoms with Crippen molar-refractivity contribution in [3.8, 4) is 0 Å². The average molecular weight is 279 g/mol. The summed E-state index contributed by atoms with van der Waals surface area (Å²) in [5.41, 5.74) is 6.53. The van der Waals surface area contributed by atoms with Gasteiger partial charge in [-0.2, -0.15) is 0 Å². The van der Waals surface area contributed by atoms with Crippen molar-refractivity contribution in [2.45, 2.75) is 18.4 Å². The number of pyridine rings is 1. The van der Waals surface area contributed by atoms with Gasteiger partial charge in [-0.05, 0) is 42.2 Å². The number of hydrogen-bond donors (Lipinski definition) is 2. The number of hydrogen-bond acceptors (Lipinski definition) is 3. The molecule has 0 radical (unpaired) electrons. The van der Waals surface area contributed by atoms with E-state index in [0.29, 0.717) is 29.0 Å². The summed E-state index contributed by atoms with van der Waals surface area (Å²) in [6, 6.07) is 5.99. The summed E-state index contributed by atoms with van der Waals surface area (Å²) in [5.74, 6) is -0.0655. The second-order valence-corrected chi connectivity index (χ2v) is 5.18. The van der Waals surface area contributed by atoms with Crippen LogP contribution in [-0.4, -0.2) is 10.1 Å². The van der Waals surface area contributed by atoms with E-state index in [1.165, 1.54) is 18.3 Å². The van der Waals surface area contributed by atoms with Gasteiger partial charge in [0, 0.05) is 11.8 Å². The molecule has 3 rings (SSSR count). The number of nitrogen functional groups attached to an aromatic ring is 1. The Labute approximate surface area is 114 Å². The number of rotatable bonds is 1. The number of benzene rings is 1. The molecule has 2 aromatic rings. The number of halogens is 2. The molecule has 1 aromatic heterocycles. The Kier molecular flexibility index (Phi) is 2.73. The Morgan fingerprint density at radius 3 is 2.89 bits per heavy atom. The summed E-state index contributed by atoms with van der Waals surface area (Å²) < 4.78 is 13.2. The lowest BCUT2D eigenvalue weighted by Crippen LogP contribution is -2.25. The van der Waals surface area contributed by atoms with E-state index in [1.54, 1.807) is 12.1 Å². The molecule has 1 unspecified atom stereocenters. The zero-order valence-electron chi connectivity index (χ0n) is 10.0. The third-order valence-electron chi connectivity index (χ3n) is 3.60. The molecular weight excluding hydrogens is 267 g/mol. The number of nitrogens with two attached hydrogens (primary N) is 1. The highest BCUT2D eigenvalue weighted by Gasteiger charge is 2.40. The van der Waals surface area contributed by atoms with E-state index >= 15 is 0 Å². The fourth-order valence-corrected chi connectivity index (χ4v) is 2.84. The lowest BCUT2D eigenvalue weighted by Gasteiger charge is -2.25. The first-order valence-electron chi connectivity index (χ1n) is 5.93. The van der Waals surface area contributed by atoms with E-state index in [-0.39, 0.29) is 11.6 Å². The first-order valence-corrected chi connectivity index (χ1v) is 6.31. The van der Waals surface area contributed by atoms with Gasteiger partial charge in [0.25, 0.3) is 0 Å². The quantitative estimate of drug-likeness (QED) is 0.843. The lowest BCUT2D eigenvalue weighted by atomic mass is 9.88. The molecule has 0 saturated carbocycles. The highest BCUT2D eigenvalue weighted by molar-refractivity contribution is 6.30. The molecule has 0 amide bonds. The first kappa shape index (κ1) is 12.4. The summed E-state index contributed by atoms with van der Waals surface area (Å²) in [6.07, 6.45) is 2.47. The SMILES string of the molecule is Nc1ncc(Cl)cc1C1(O)CCc2cc(F)ccc21. The third-order valence-corrected chi connectivity index (χ3v) is 3.81. The minimum absolute atomic E-state index is 0.240. The highest BCUT2D eigenvalue weighted by Crippen LogP contribution is 2.44. The predicted molar refractivity (Wildman–Crippen MR) is 71.4 cm³/mol. The van der Waals surface area contributed by atoms with E-state index in [0.717, 1.165) is 5.56 Å². The fraction of sp³-hybridized carbons (Fsp3) is 0.214. The molecule has 1 atom stereocenters. The zero-order chi connectivity index (χ0) is 13.6. The largest absolute Gasteiger partial charge is 0.383 e. The summed E-state index contributed by atoms with van der Waals surface area (Å²) in [5, 5.41) is 11.3. The number of aromatic nitrogens is 1. The highest BCUT2D eigenvalue weighted by atomic mass is 35.5. The average Bonchev–Trinajstić information content (AvgIpc) is 2.70. The van der Waals surface area contributed by atoms with Crippen LogP contribution in [0.25, 0.3) is 0 Å². The smallest absolute Gasteiger partial charge is 0.129 e. The second-order valence-electron chi connectivity index (χ2n) is 4.75. The van der Waals surface area contributed by atoms with E-state index < -0.39 is 5.60 Å². The second kappa shape index (κ2) is 4.18. The first-order chi connectivity index (χ1) is 9.00. The third kappa shape index (κ3) is 1.88. The molecule has 1 aliphatic rings. The summed E-state index contributed by atoms with van der Waals surface area (Å²) in [6.45, 7) is 0. The summed E-state index contributed by atoms with van der Waals surface area (Å²) in [4.78, 5) is 3.97. The maximum absolute atomic E-state index is 13.2. The molecule has 19 heavy (non-hydrogen) atoms. The Hall–Kier alpha value is -1.65. The monoisotopic (exact) mass is 278 g/mol. The van der Waals surface area contributed by atoms with Crippen molar-refractivity contribution in [3.63, 3.8) is 0 Å². The van der Waals surface area contributed by atoms with E-state index in [4.69, 9.17) is 17.3 Å². The summed E-state index contributed by atoms with van der Waals surface area (Å²) >= 11 is 5.92. The molecule has 5 heteroatoms.